The first-order valence-corrected chi connectivity index (χ1v) is 4.55. The predicted molar refractivity (Wildman–Crippen MR) is 50.8 cm³/mol. The van der Waals surface area contributed by atoms with Gasteiger partial charge >= 0.3 is 6.36 Å². The lowest BCUT2D eigenvalue weighted by Crippen LogP contribution is -2.17. The zero-order valence-electron chi connectivity index (χ0n) is 8.29. The Bertz CT molecular complexity index is 503. The molecule has 1 heterocycles. The second kappa shape index (κ2) is 4.12. The molecule has 0 unspecified atom stereocenters. The van der Waals surface area contributed by atoms with E-state index in [4.69, 9.17) is 4.42 Å². The average Bonchev–Trinajstić information content (AvgIpc) is 2.71. The van der Waals surface area contributed by atoms with E-state index < -0.39 is 17.9 Å². The first-order chi connectivity index (χ1) is 7.96. The number of halogens is 4. The monoisotopic (exact) mass is 246 g/mol. The van der Waals surface area contributed by atoms with Gasteiger partial charge in [-0.3, -0.25) is 0 Å². The minimum Gasteiger partial charge on any atom is -0.464 e. The van der Waals surface area contributed by atoms with E-state index in [1.165, 1.54) is 18.4 Å². The molecule has 0 amide bonds. The molecule has 0 spiro atoms. The summed E-state index contributed by atoms with van der Waals surface area (Å²) in [5.74, 6) is -1.08. The number of hydrogen-bond donors (Lipinski definition) is 0. The summed E-state index contributed by atoms with van der Waals surface area (Å²) >= 11 is 0. The number of alkyl halides is 3. The second-order valence-electron chi connectivity index (χ2n) is 3.17. The van der Waals surface area contributed by atoms with Crippen molar-refractivity contribution in [3.8, 4) is 17.1 Å². The van der Waals surface area contributed by atoms with Gasteiger partial charge in [-0.25, -0.2) is 4.39 Å². The van der Waals surface area contributed by atoms with Gasteiger partial charge in [-0.2, -0.15) is 0 Å². The maximum Gasteiger partial charge on any atom is 0.573 e. The molecule has 2 aromatic rings. The van der Waals surface area contributed by atoms with Gasteiger partial charge in [-0.1, -0.05) is 0 Å². The minimum absolute atomic E-state index is 0.0904. The van der Waals surface area contributed by atoms with Crippen LogP contribution < -0.4 is 4.74 Å². The van der Waals surface area contributed by atoms with Crippen molar-refractivity contribution in [2.24, 2.45) is 0 Å². The predicted octanol–water partition coefficient (Wildman–Crippen LogP) is 3.98. The normalized spacial score (nSPS) is 11.5. The van der Waals surface area contributed by atoms with Crippen LogP contribution in [-0.2, 0) is 0 Å². The molecule has 90 valence electrons. The molecule has 2 nitrogen and oxygen atoms in total. The molecule has 17 heavy (non-hydrogen) atoms. The first kappa shape index (κ1) is 11.5. The van der Waals surface area contributed by atoms with Crippen molar-refractivity contribution in [2.45, 2.75) is 6.36 Å². The molecule has 1 aromatic heterocycles. The second-order valence-corrected chi connectivity index (χ2v) is 3.17. The Hall–Kier alpha value is -1.98. The van der Waals surface area contributed by atoms with Crippen molar-refractivity contribution < 1.29 is 26.7 Å². The highest BCUT2D eigenvalue weighted by Gasteiger charge is 2.32. The van der Waals surface area contributed by atoms with E-state index in [1.54, 1.807) is 0 Å². The Morgan fingerprint density at radius 2 is 1.88 bits per heavy atom. The Balaban J connectivity index is 2.45. The fourth-order valence-electron chi connectivity index (χ4n) is 1.34. The molecule has 0 N–H and O–H groups in total. The highest BCUT2D eigenvalue weighted by Crippen LogP contribution is 2.34. The maximum absolute atomic E-state index is 13.0. The van der Waals surface area contributed by atoms with Crippen LogP contribution in [0.1, 0.15) is 0 Å². The number of rotatable bonds is 2. The van der Waals surface area contributed by atoms with E-state index in [2.05, 4.69) is 4.74 Å². The summed E-state index contributed by atoms with van der Waals surface area (Å²) in [6.07, 6.45) is -3.56. The van der Waals surface area contributed by atoms with Gasteiger partial charge < -0.3 is 9.15 Å². The van der Waals surface area contributed by atoms with E-state index >= 15 is 0 Å². The fraction of sp³-hybridized carbons (Fsp3) is 0.0909. The topological polar surface area (TPSA) is 22.4 Å². The van der Waals surface area contributed by atoms with E-state index in [0.29, 0.717) is 0 Å². The standard InChI is InChI=1S/C11H6F4O2/c12-7-3-4-10(17-11(13,14)15)8(6-7)9-2-1-5-16-9/h1-6H. The molecular weight excluding hydrogens is 240 g/mol. The fourth-order valence-corrected chi connectivity index (χ4v) is 1.34. The molecule has 1 aromatic carbocycles. The van der Waals surface area contributed by atoms with E-state index in [1.807, 2.05) is 0 Å². The van der Waals surface area contributed by atoms with Crippen molar-refractivity contribution in [3.63, 3.8) is 0 Å². The SMILES string of the molecule is Fc1ccc(OC(F)(F)F)c(-c2ccco2)c1. The van der Waals surface area contributed by atoms with Crippen molar-refractivity contribution in [1.82, 2.24) is 0 Å². The summed E-state index contributed by atoms with van der Waals surface area (Å²) in [4.78, 5) is 0. The van der Waals surface area contributed by atoms with Gasteiger partial charge in [-0.05, 0) is 30.3 Å². The Labute approximate surface area is 93.4 Å². The van der Waals surface area contributed by atoms with Gasteiger partial charge in [0.2, 0.25) is 0 Å². The third kappa shape index (κ3) is 2.77. The molecule has 0 saturated carbocycles. The molecule has 2 rings (SSSR count). The number of ether oxygens (including phenoxy) is 1. The molecule has 0 aliphatic carbocycles. The van der Waals surface area contributed by atoms with Gasteiger partial charge in [0.1, 0.15) is 17.3 Å². The lowest BCUT2D eigenvalue weighted by Gasteiger charge is -2.11. The van der Waals surface area contributed by atoms with Crippen LogP contribution in [0.4, 0.5) is 17.6 Å². The Morgan fingerprint density at radius 3 is 2.47 bits per heavy atom. The Kier molecular flexibility index (Phi) is 2.79. The number of hydrogen-bond acceptors (Lipinski definition) is 2. The highest BCUT2D eigenvalue weighted by atomic mass is 19.4. The maximum atomic E-state index is 13.0. The summed E-state index contributed by atoms with van der Waals surface area (Å²) < 4.78 is 58.0. The minimum atomic E-state index is -4.83. The van der Waals surface area contributed by atoms with Crippen LogP contribution in [0.2, 0.25) is 0 Å². The van der Waals surface area contributed by atoms with Gasteiger partial charge in [0.05, 0.1) is 11.8 Å². The molecule has 0 aliphatic rings. The smallest absolute Gasteiger partial charge is 0.464 e. The van der Waals surface area contributed by atoms with Gasteiger partial charge in [0, 0.05) is 0 Å². The highest BCUT2D eigenvalue weighted by molar-refractivity contribution is 5.65. The van der Waals surface area contributed by atoms with Crippen LogP contribution in [0.15, 0.2) is 41.0 Å². The number of benzene rings is 1. The zero-order chi connectivity index (χ0) is 12.5. The van der Waals surface area contributed by atoms with Crippen LogP contribution in [0, 0.1) is 5.82 Å². The van der Waals surface area contributed by atoms with E-state index in [9.17, 15) is 17.6 Å². The van der Waals surface area contributed by atoms with Gasteiger partial charge in [0.25, 0.3) is 0 Å². The largest absolute Gasteiger partial charge is 0.573 e. The van der Waals surface area contributed by atoms with Crippen molar-refractivity contribution in [1.29, 1.82) is 0 Å². The molecular formula is C11H6F4O2. The van der Waals surface area contributed by atoms with E-state index in [0.717, 1.165) is 18.2 Å². The molecule has 6 heteroatoms. The quantitative estimate of drug-likeness (QED) is 0.747. The Morgan fingerprint density at radius 1 is 1.12 bits per heavy atom. The van der Waals surface area contributed by atoms with Crippen molar-refractivity contribution >= 4 is 0 Å². The zero-order valence-corrected chi connectivity index (χ0v) is 8.29. The third-order valence-corrected chi connectivity index (χ3v) is 1.95. The molecule has 0 aliphatic heterocycles. The third-order valence-electron chi connectivity index (χ3n) is 1.95. The van der Waals surface area contributed by atoms with Crippen LogP contribution >= 0.6 is 0 Å². The van der Waals surface area contributed by atoms with Gasteiger partial charge in [0.15, 0.2) is 0 Å². The first-order valence-electron chi connectivity index (χ1n) is 4.55. The van der Waals surface area contributed by atoms with Gasteiger partial charge in [-0.15, -0.1) is 13.2 Å². The van der Waals surface area contributed by atoms with Crippen LogP contribution in [-0.4, -0.2) is 6.36 Å². The van der Waals surface area contributed by atoms with Crippen LogP contribution in [0.5, 0.6) is 5.75 Å². The molecule has 0 fully saturated rings. The summed E-state index contributed by atoms with van der Waals surface area (Å²) in [6, 6.07) is 5.60. The van der Waals surface area contributed by atoms with Crippen molar-refractivity contribution in [3.05, 3.63) is 42.4 Å². The molecule has 0 atom stereocenters. The average molecular weight is 246 g/mol. The summed E-state index contributed by atoms with van der Waals surface area (Å²) in [7, 11) is 0. The summed E-state index contributed by atoms with van der Waals surface area (Å²) in [5.41, 5.74) is -0.0904. The molecule has 0 radical (unpaired) electrons. The lowest BCUT2D eigenvalue weighted by atomic mass is 10.1. The summed E-state index contributed by atoms with van der Waals surface area (Å²) in [6.45, 7) is 0. The van der Waals surface area contributed by atoms with Crippen molar-refractivity contribution in [2.75, 3.05) is 0 Å². The summed E-state index contributed by atoms with van der Waals surface area (Å²) in [5, 5.41) is 0. The van der Waals surface area contributed by atoms with Crippen LogP contribution in [0.25, 0.3) is 11.3 Å². The van der Waals surface area contributed by atoms with Crippen LogP contribution in [0.3, 0.4) is 0 Å². The molecule has 0 saturated heterocycles. The molecule has 0 bridgehead atoms. The van der Waals surface area contributed by atoms with E-state index in [-0.39, 0.29) is 11.3 Å². The number of furan rings is 1. The lowest BCUT2D eigenvalue weighted by molar-refractivity contribution is -0.274.